The van der Waals surface area contributed by atoms with Gasteiger partial charge in [-0.2, -0.15) is 0 Å². The Morgan fingerprint density at radius 1 is 1.15 bits per heavy atom. The Morgan fingerprint density at radius 3 is 2.75 bits per heavy atom. The Hall–Kier alpha value is -2.36. The van der Waals surface area contributed by atoms with Gasteiger partial charge in [0.2, 0.25) is 5.91 Å². The van der Waals surface area contributed by atoms with Gasteiger partial charge in [0.05, 0.1) is 6.54 Å². The van der Waals surface area contributed by atoms with Gasteiger partial charge in [0.15, 0.2) is 0 Å². The molecule has 2 aromatic carbocycles. The summed E-state index contributed by atoms with van der Waals surface area (Å²) in [7, 11) is 0. The molecule has 0 saturated carbocycles. The minimum absolute atomic E-state index is 0.0763. The maximum atomic E-state index is 13.1. The summed E-state index contributed by atoms with van der Waals surface area (Å²) in [6, 6.07) is 12.1. The van der Waals surface area contributed by atoms with Crippen molar-refractivity contribution in [1.29, 1.82) is 0 Å². The molecule has 0 radical (unpaired) electrons. The largest absolute Gasteiger partial charge is 0.398 e. The van der Waals surface area contributed by atoms with E-state index >= 15 is 0 Å². The second kappa shape index (κ2) is 4.96. The number of amides is 1. The van der Waals surface area contributed by atoms with Crippen LogP contribution in [0.15, 0.2) is 42.5 Å². The molecule has 0 aliphatic carbocycles. The lowest BCUT2D eigenvalue weighted by atomic mass is 10.0. The third kappa shape index (κ3) is 2.25. The van der Waals surface area contributed by atoms with E-state index < -0.39 is 0 Å². The van der Waals surface area contributed by atoms with Gasteiger partial charge < -0.3 is 10.6 Å². The number of hydrogen-bond donors (Lipinski definition) is 1. The Kier molecular flexibility index (Phi) is 3.14. The Morgan fingerprint density at radius 2 is 1.95 bits per heavy atom. The summed E-state index contributed by atoms with van der Waals surface area (Å²) in [5.74, 6) is -0.288. The van der Waals surface area contributed by atoms with Crippen molar-refractivity contribution in [1.82, 2.24) is 0 Å². The van der Waals surface area contributed by atoms with Crippen molar-refractivity contribution in [2.45, 2.75) is 19.4 Å². The number of carbonyl (C=O) groups excluding carboxylic acids is 1. The molecule has 0 unspecified atom stereocenters. The monoisotopic (exact) mass is 270 g/mol. The van der Waals surface area contributed by atoms with Crippen LogP contribution in [0.2, 0.25) is 0 Å². The Balaban J connectivity index is 1.95. The average molecular weight is 270 g/mol. The van der Waals surface area contributed by atoms with Crippen molar-refractivity contribution in [3.05, 3.63) is 59.4 Å². The predicted molar refractivity (Wildman–Crippen MR) is 76.8 cm³/mol. The number of nitrogens with two attached hydrogens (primary N) is 1. The van der Waals surface area contributed by atoms with Crippen molar-refractivity contribution < 1.29 is 9.18 Å². The standard InChI is InChI=1S/C16H15FN2O/c17-13-7-5-12(14(18)9-13)10-19-15-4-2-1-3-11(15)6-8-16(19)20/h1-5,7,9H,6,8,10,18H2. The predicted octanol–water partition coefficient (Wildman–Crippen LogP) is 2.89. The first-order valence-corrected chi connectivity index (χ1v) is 6.57. The fourth-order valence-electron chi connectivity index (χ4n) is 2.55. The van der Waals surface area contributed by atoms with E-state index in [1.54, 1.807) is 11.0 Å². The first-order chi connectivity index (χ1) is 9.65. The van der Waals surface area contributed by atoms with E-state index in [1.807, 2.05) is 24.3 Å². The van der Waals surface area contributed by atoms with Gasteiger partial charge >= 0.3 is 0 Å². The van der Waals surface area contributed by atoms with E-state index in [0.717, 1.165) is 23.2 Å². The fraction of sp³-hybridized carbons (Fsp3) is 0.188. The van der Waals surface area contributed by atoms with E-state index in [2.05, 4.69) is 0 Å². The van der Waals surface area contributed by atoms with E-state index in [4.69, 9.17) is 5.73 Å². The number of hydrogen-bond acceptors (Lipinski definition) is 2. The van der Waals surface area contributed by atoms with E-state index in [0.29, 0.717) is 18.7 Å². The number of aryl methyl sites for hydroxylation is 1. The van der Waals surface area contributed by atoms with Crippen molar-refractivity contribution in [2.24, 2.45) is 0 Å². The van der Waals surface area contributed by atoms with Crippen LogP contribution in [0, 0.1) is 5.82 Å². The zero-order valence-electron chi connectivity index (χ0n) is 11.0. The van der Waals surface area contributed by atoms with Gasteiger partial charge in [0.25, 0.3) is 0 Å². The van der Waals surface area contributed by atoms with Gasteiger partial charge in [0, 0.05) is 17.8 Å². The highest BCUT2D eigenvalue weighted by Gasteiger charge is 2.24. The molecule has 0 bridgehead atoms. The molecule has 4 heteroatoms. The second-order valence-electron chi connectivity index (χ2n) is 4.95. The molecule has 3 nitrogen and oxygen atoms in total. The van der Waals surface area contributed by atoms with Gasteiger partial charge in [-0.25, -0.2) is 4.39 Å². The lowest BCUT2D eigenvalue weighted by Crippen LogP contribution is -2.34. The highest BCUT2D eigenvalue weighted by atomic mass is 19.1. The quantitative estimate of drug-likeness (QED) is 0.853. The summed E-state index contributed by atoms with van der Waals surface area (Å²) < 4.78 is 13.1. The van der Waals surface area contributed by atoms with Crippen LogP contribution in [0.1, 0.15) is 17.5 Å². The first-order valence-electron chi connectivity index (χ1n) is 6.57. The molecule has 0 spiro atoms. The number of para-hydroxylation sites is 1. The number of fused-ring (bicyclic) bond motifs is 1. The summed E-state index contributed by atoms with van der Waals surface area (Å²) in [5.41, 5.74) is 9.05. The molecule has 1 heterocycles. The number of rotatable bonds is 2. The number of benzene rings is 2. The van der Waals surface area contributed by atoms with Crippen LogP contribution in [-0.2, 0) is 17.8 Å². The normalized spacial score (nSPS) is 14.2. The van der Waals surface area contributed by atoms with Crippen LogP contribution in [0.3, 0.4) is 0 Å². The molecule has 2 aromatic rings. The summed E-state index contributed by atoms with van der Waals surface area (Å²) >= 11 is 0. The van der Waals surface area contributed by atoms with Gasteiger partial charge in [-0.15, -0.1) is 0 Å². The number of anilines is 2. The van der Waals surface area contributed by atoms with E-state index in [9.17, 15) is 9.18 Å². The van der Waals surface area contributed by atoms with Crippen molar-refractivity contribution >= 4 is 17.3 Å². The number of nitrogen functional groups attached to an aromatic ring is 1. The van der Waals surface area contributed by atoms with Crippen molar-refractivity contribution in [3.63, 3.8) is 0 Å². The average Bonchev–Trinajstić information content (AvgIpc) is 2.44. The smallest absolute Gasteiger partial charge is 0.227 e. The van der Waals surface area contributed by atoms with E-state index in [-0.39, 0.29) is 11.7 Å². The first kappa shape index (κ1) is 12.7. The molecule has 0 atom stereocenters. The lowest BCUT2D eigenvalue weighted by Gasteiger charge is -2.29. The van der Waals surface area contributed by atoms with Crippen LogP contribution < -0.4 is 10.6 Å². The second-order valence-corrected chi connectivity index (χ2v) is 4.95. The van der Waals surface area contributed by atoms with Crippen LogP contribution in [0.5, 0.6) is 0 Å². The summed E-state index contributed by atoms with van der Waals surface area (Å²) in [6.45, 7) is 0.377. The van der Waals surface area contributed by atoms with Crippen molar-refractivity contribution in [2.75, 3.05) is 10.6 Å². The minimum Gasteiger partial charge on any atom is -0.398 e. The van der Waals surface area contributed by atoms with Crippen LogP contribution >= 0.6 is 0 Å². The molecule has 1 aliphatic rings. The molecule has 102 valence electrons. The third-order valence-electron chi connectivity index (χ3n) is 3.63. The van der Waals surface area contributed by atoms with Gasteiger partial charge in [-0.1, -0.05) is 24.3 Å². The van der Waals surface area contributed by atoms with Gasteiger partial charge in [-0.3, -0.25) is 4.79 Å². The summed E-state index contributed by atoms with van der Waals surface area (Å²) in [5, 5.41) is 0. The number of carbonyl (C=O) groups is 1. The maximum Gasteiger partial charge on any atom is 0.227 e. The van der Waals surface area contributed by atoms with Gasteiger partial charge in [-0.05, 0) is 35.7 Å². The Labute approximate surface area is 116 Å². The third-order valence-corrected chi connectivity index (χ3v) is 3.63. The zero-order valence-corrected chi connectivity index (χ0v) is 11.0. The molecule has 1 amide bonds. The molecule has 0 saturated heterocycles. The minimum atomic E-state index is -0.364. The molecule has 20 heavy (non-hydrogen) atoms. The van der Waals surface area contributed by atoms with Crippen LogP contribution in [-0.4, -0.2) is 5.91 Å². The zero-order chi connectivity index (χ0) is 14.1. The topological polar surface area (TPSA) is 46.3 Å². The van der Waals surface area contributed by atoms with Crippen LogP contribution in [0.25, 0.3) is 0 Å². The van der Waals surface area contributed by atoms with Crippen LogP contribution in [0.4, 0.5) is 15.8 Å². The fourth-order valence-corrected chi connectivity index (χ4v) is 2.55. The molecule has 0 fully saturated rings. The molecular weight excluding hydrogens is 255 g/mol. The highest BCUT2D eigenvalue weighted by Crippen LogP contribution is 2.29. The molecular formula is C16H15FN2O. The number of halogens is 1. The molecule has 1 aliphatic heterocycles. The van der Waals surface area contributed by atoms with E-state index in [1.165, 1.54) is 12.1 Å². The van der Waals surface area contributed by atoms with Crippen molar-refractivity contribution in [3.8, 4) is 0 Å². The lowest BCUT2D eigenvalue weighted by molar-refractivity contribution is -0.119. The van der Waals surface area contributed by atoms with Gasteiger partial charge in [0.1, 0.15) is 5.82 Å². The molecule has 2 N–H and O–H groups in total. The Bertz CT molecular complexity index is 669. The maximum absolute atomic E-state index is 13.1. The highest BCUT2D eigenvalue weighted by molar-refractivity contribution is 5.96. The molecule has 3 rings (SSSR count). The summed E-state index contributed by atoms with van der Waals surface area (Å²) in [6.07, 6.45) is 1.27. The number of nitrogens with zero attached hydrogens (tertiary/aromatic N) is 1. The summed E-state index contributed by atoms with van der Waals surface area (Å²) in [4.78, 5) is 13.9. The SMILES string of the molecule is Nc1cc(F)ccc1CN1C(=O)CCc2ccccc21. The molecule has 0 aromatic heterocycles.